The molecule has 0 spiro atoms. The normalized spacial score (nSPS) is 15.1. The van der Waals surface area contributed by atoms with Gasteiger partial charge in [-0.3, -0.25) is 14.6 Å². The third kappa shape index (κ3) is 4.30. The van der Waals surface area contributed by atoms with Crippen molar-refractivity contribution in [3.05, 3.63) is 51.5 Å². The number of amides is 2. The molecule has 3 heterocycles. The van der Waals surface area contributed by atoms with Gasteiger partial charge in [-0.25, -0.2) is 0 Å². The number of thiophene rings is 1. The summed E-state index contributed by atoms with van der Waals surface area (Å²) in [5.41, 5.74) is 2.19. The molecular weight excluding hydrogens is 346 g/mol. The van der Waals surface area contributed by atoms with E-state index in [9.17, 15) is 9.59 Å². The number of hydrogen-bond acceptors (Lipinski definition) is 4. The summed E-state index contributed by atoms with van der Waals surface area (Å²) >= 11 is 1.60. The fourth-order valence-corrected chi connectivity index (χ4v) is 4.39. The Kier molecular flexibility index (Phi) is 6.04. The number of carbonyl (C=O) groups excluding carboxylic acids is 2. The lowest BCUT2D eigenvalue weighted by Crippen LogP contribution is -2.42. The summed E-state index contributed by atoms with van der Waals surface area (Å²) in [5, 5.41) is 2.98. The summed E-state index contributed by atoms with van der Waals surface area (Å²) in [6, 6.07) is 5.81. The van der Waals surface area contributed by atoms with Crippen LogP contribution in [0.15, 0.2) is 30.6 Å². The van der Waals surface area contributed by atoms with Crippen LogP contribution in [0.3, 0.4) is 0 Å². The second-order valence-electron chi connectivity index (χ2n) is 6.72. The minimum atomic E-state index is -0.0213. The van der Waals surface area contributed by atoms with Crippen molar-refractivity contribution < 1.29 is 9.59 Å². The molecule has 26 heavy (non-hydrogen) atoms. The lowest BCUT2D eigenvalue weighted by Gasteiger charge is -2.31. The lowest BCUT2D eigenvalue weighted by molar-refractivity contribution is -0.126. The molecule has 6 heteroatoms. The highest BCUT2D eigenvalue weighted by Gasteiger charge is 2.28. The molecule has 1 fully saturated rings. The van der Waals surface area contributed by atoms with Crippen molar-refractivity contribution in [2.24, 2.45) is 5.92 Å². The molecule has 2 aromatic rings. The van der Waals surface area contributed by atoms with E-state index in [1.807, 2.05) is 23.1 Å². The average Bonchev–Trinajstić information content (AvgIpc) is 3.07. The highest BCUT2D eigenvalue weighted by molar-refractivity contribution is 7.14. The third-order valence-corrected chi connectivity index (χ3v) is 6.26. The fraction of sp³-hybridized carbons (Fsp3) is 0.450. The number of pyridine rings is 1. The van der Waals surface area contributed by atoms with Gasteiger partial charge in [0.1, 0.15) is 0 Å². The number of rotatable bonds is 5. The van der Waals surface area contributed by atoms with Crippen molar-refractivity contribution in [1.29, 1.82) is 0 Å². The molecule has 138 valence electrons. The molecule has 0 saturated carbocycles. The molecule has 0 radical (unpaired) electrons. The molecule has 1 N–H and O–H groups in total. The Balaban J connectivity index is 1.50. The fourth-order valence-electron chi connectivity index (χ4n) is 3.31. The summed E-state index contributed by atoms with van der Waals surface area (Å²) < 4.78 is 0. The van der Waals surface area contributed by atoms with Crippen molar-refractivity contribution in [3.8, 4) is 0 Å². The number of piperidine rings is 1. The van der Waals surface area contributed by atoms with Crippen LogP contribution in [0.25, 0.3) is 0 Å². The molecule has 1 aliphatic rings. The van der Waals surface area contributed by atoms with Gasteiger partial charge in [0.25, 0.3) is 5.91 Å². The van der Waals surface area contributed by atoms with E-state index in [2.05, 4.69) is 24.1 Å². The van der Waals surface area contributed by atoms with Gasteiger partial charge in [-0.05, 0) is 49.4 Å². The quantitative estimate of drug-likeness (QED) is 0.878. The minimum Gasteiger partial charge on any atom is -0.352 e. The third-order valence-electron chi connectivity index (χ3n) is 4.89. The van der Waals surface area contributed by atoms with Crippen molar-refractivity contribution in [2.75, 3.05) is 13.1 Å². The maximum absolute atomic E-state index is 12.7. The molecule has 3 rings (SSSR count). The standard InChI is InChI=1S/C20H25N3O2S/c1-3-17-14(2)11-18(26-17)20(25)23-9-6-16(7-10-23)19(24)22-13-15-5-4-8-21-12-15/h4-5,8,11-12,16H,3,6-7,9-10,13H2,1-2H3,(H,22,24). The number of aryl methyl sites for hydroxylation is 2. The van der Waals surface area contributed by atoms with Crippen LogP contribution in [-0.2, 0) is 17.8 Å². The Morgan fingerprint density at radius 1 is 1.35 bits per heavy atom. The Morgan fingerprint density at radius 3 is 2.73 bits per heavy atom. The molecular formula is C20H25N3O2S. The van der Waals surface area contributed by atoms with Gasteiger partial charge < -0.3 is 10.2 Å². The molecule has 0 aromatic carbocycles. The summed E-state index contributed by atoms with van der Waals surface area (Å²) in [7, 11) is 0. The Hall–Kier alpha value is -2.21. The van der Waals surface area contributed by atoms with Gasteiger partial charge in [0.05, 0.1) is 4.88 Å². The molecule has 1 aliphatic heterocycles. The first-order valence-electron chi connectivity index (χ1n) is 9.13. The molecule has 0 unspecified atom stereocenters. The molecule has 1 saturated heterocycles. The minimum absolute atomic E-state index is 0.0213. The van der Waals surface area contributed by atoms with Crippen LogP contribution in [0.4, 0.5) is 0 Å². The zero-order chi connectivity index (χ0) is 18.5. The van der Waals surface area contributed by atoms with Crippen molar-refractivity contribution in [2.45, 2.75) is 39.7 Å². The largest absolute Gasteiger partial charge is 0.352 e. The average molecular weight is 372 g/mol. The highest BCUT2D eigenvalue weighted by atomic mass is 32.1. The number of nitrogens with one attached hydrogen (secondary N) is 1. The van der Waals surface area contributed by atoms with E-state index >= 15 is 0 Å². The lowest BCUT2D eigenvalue weighted by atomic mass is 9.95. The van der Waals surface area contributed by atoms with Crippen LogP contribution in [0.5, 0.6) is 0 Å². The van der Waals surface area contributed by atoms with Crippen molar-refractivity contribution in [1.82, 2.24) is 15.2 Å². The van der Waals surface area contributed by atoms with Gasteiger partial charge >= 0.3 is 0 Å². The molecule has 0 aliphatic carbocycles. The predicted molar refractivity (Wildman–Crippen MR) is 103 cm³/mol. The second-order valence-corrected chi connectivity index (χ2v) is 7.85. The monoisotopic (exact) mass is 371 g/mol. The molecule has 2 amide bonds. The summed E-state index contributed by atoms with van der Waals surface area (Å²) in [5.74, 6) is 0.153. The summed E-state index contributed by atoms with van der Waals surface area (Å²) in [6.45, 7) is 5.96. The summed E-state index contributed by atoms with van der Waals surface area (Å²) in [6.07, 6.45) is 5.87. The molecule has 5 nitrogen and oxygen atoms in total. The number of hydrogen-bond donors (Lipinski definition) is 1. The van der Waals surface area contributed by atoms with E-state index < -0.39 is 0 Å². The van der Waals surface area contributed by atoms with E-state index in [0.717, 1.165) is 29.7 Å². The molecule has 0 atom stereocenters. The maximum Gasteiger partial charge on any atom is 0.263 e. The first-order chi connectivity index (χ1) is 12.6. The van der Waals surface area contributed by atoms with Gasteiger partial charge in [0.2, 0.25) is 5.91 Å². The zero-order valence-corrected chi connectivity index (χ0v) is 16.1. The predicted octanol–water partition coefficient (Wildman–Crippen LogP) is 3.18. The Bertz CT molecular complexity index is 765. The van der Waals surface area contributed by atoms with Crippen LogP contribution in [-0.4, -0.2) is 34.8 Å². The summed E-state index contributed by atoms with van der Waals surface area (Å²) in [4.78, 5) is 33.1. The Morgan fingerprint density at radius 2 is 2.12 bits per heavy atom. The SMILES string of the molecule is CCc1sc(C(=O)N2CCC(C(=O)NCc3cccnc3)CC2)cc1C. The van der Waals surface area contributed by atoms with E-state index in [1.54, 1.807) is 23.7 Å². The van der Waals surface area contributed by atoms with Gasteiger partial charge in [0.15, 0.2) is 0 Å². The maximum atomic E-state index is 12.7. The van der Waals surface area contributed by atoms with Crippen LogP contribution in [0.1, 0.15) is 45.4 Å². The Labute approximate surface area is 158 Å². The van der Waals surface area contributed by atoms with Gasteiger partial charge in [0, 0.05) is 42.8 Å². The van der Waals surface area contributed by atoms with Crippen LogP contribution in [0, 0.1) is 12.8 Å². The van der Waals surface area contributed by atoms with E-state index in [4.69, 9.17) is 0 Å². The zero-order valence-electron chi connectivity index (χ0n) is 15.3. The number of nitrogens with zero attached hydrogens (tertiary/aromatic N) is 2. The van der Waals surface area contributed by atoms with Gasteiger partial charge in [-0.15, -0.1) is 11.3 Å². The first-order valence-corrected chi connectivity index (χ1v) is 9.95. The molecule has 0 bridgehead atoms. The van der Waals surface area contributed by atoms with Crippen LogP contribution < -0.4 is 5.32 Å². The van der Waals surface area contributed by atoms with Gasteiger partial charge in [-0.1, -0.05) is 13.0 Å². The highest BCUT2D eigenvalue weighted by Crippen LogP contribution is 2.26. The molecule has 2 aromatic heterocycles. The number of carbonyl (C=O) groups is 2. The first kappa shape index (κ1) is 18.6. The smallest absolute Gasteiger partial charge is 0.263 e. The van der Waals surface area contributed by atoms with E-state index in [0.29, 0.717) is 19.6 Å². The van der Waals surface area contributed by atoms with E-state index in [1.165, 1.54) is 10.4 Å². The topological polar surface area (TPSA) is 62.3 Å². The van der Waals surface area contributed by atoms with Crippen molar-refractivity contribution in [3.63, 3.8) is 0 Å². The van der Waals surface area contributed by atoms with E-state index in [-0.39, 0.29) is 17.7 Å². The van der Waals surface area contributed by atoms with Crippen LogP contribution >= 0.6 is 11.3 Å². The van der Waals surface area contributed by atoms with Crippen molar-refractivity contribution >= 4 is 23.2 Å². The van der Waals surface area contributed by atoms with Crippen LogP contribution in [0.2, 0.25) is 0 Å². The van der Waals surface area contributed by atoms with Gasteiger partial charge in [-0.2, -0.15) is 0 Å². The number of aromatic nitrogens is 1. The second kappa shape index (κ2) is 8.45. The number of likely N-dealkylation sites (tertiary alicyclic amines) is 1.